The number of unbranched alkanes of at least 4 members (excludes halogenated alkanes) is 25. The maximum Gasteiger partial charge on any atom is 0.334 e. The number of aliphatic hydroxyl groups is 2. The van der Waals surface area contributed by atoms with Crippen LogP contribution in [-0.4, -0.2) is 35.5 Å². The minimum atomic E-state index is -0.934. The number of ether oxygens (including phenoxy) is 1. The first kappa shape index (κ1) is 43.3. The van der Waals surface area contributed by atoms with E-state index in [4.69, 9.17) is 9.84 Å². The van der Waals surface area contributed by atoms with E-state index in [0.29, 0.717) is 13.0 Å². The molecule has 0 amide bonds. The van der Waals surface area contributed by atoms with Crippen molar-refractivity contribution in [3.63, 3.8) is 0 Å². The number of esters is 1. The minimum absolute atomic E-state index is 0.250. The SMILES string of the molecule is CCCCCCCC/C=C\CCCCCCCCOC(=O)C(O)CCCCCCCCCCCCCCCC.CCO. The van der Waals surface area contributed by atoms with Crippen LogP contribution < -0.4 is 0 Å². The Morgan fingerprint density at radius 1 is 0.524 bits per heavy atom. The molecule has 1 unspecified atom stereocenters. The highest BCUT2D eigenvalue weighted by Gasteiger charge is 2.15. The maximum atomic E-state index is 12.0. The second-order valence-corrected chi connectivity index (χ2v) is 12.3. The Kier molecular flexibility index (Phi) is 41.3. The van der Waals surface area contributed by atoms with Crippen molar-refractivity contribution in [1.82, 2.24) is 0 Å². The zero-order chi connectivity index (χ0) is 31.2. The predicted molar refractivity (Wildman–Crippen MR) is 184 cm³/mol. The lowest BCUT2D eigenvalue weighted by Gasteiger charge is -2.10. The van der Waals surface area contributed by atoms with Crippen molar-refractivity contribution in [2.75, 3.05) is 13.2 Å². The van der Waals surface area contributed by atoms with Gasteiger partial charge in [0, 0.05) is 6.61 Å². The second-order valence-electron chi connectivity index (χ2n) is 12.3. The summed E-state index contributed by atoms with van der Waals surface area (Å²) in [4.78, 5) is 12.0. The average molecular weight is 597 g/mol. The fourth-order valence-corrected chi connectivity index (χ4v) is 5.27. The molecule has 0 spiro atoms. The van der Waals surface area contributed by atoms with E-state index in [2.05, 4.69) is 26.0 Å². The molecule has 0 heterocycles. The highest BCUT2D eigenvalue weighted by atomic mass is 16.5. The first-order valence-electron chi connectivity index (χ1n) is 18.7. The van der Waals surface area contributed by atoms with E-state index in [1.165, 1.54) is 154 Å². The van der Waals surface area contributed by atoms with Gasteiger partial charge in [-0.1, -0.05) is 174 Å². The van der Waals surface area contributed by atoms with Crippen molar-refractivity contribution in [3.8, 4) is 0 Å². The van der Waals surface area contributed by atoms with E-state index < -0.39 is 12.1 Å². The van der Waals surface area contributed by atoms with E-state index in [1.807, 2.05) is 0 Å². The largest absolute Gasteiger partial charge is 0.464 e. The molecular weight excluding hydrogens is 520 g/mol. The van der Waals surface area contributed by atoms with Gasteiger partial charge in [-0.05, 0) is 45.4 Å². The van der Waals surface area contributed by atoms with Crippen LogP contribution in [-0.2, 0) is 9.53 Å². The minimum Gasteiger partial charge on any atom is -0.464 e. The molecule has 0 aliphatic carbocycles. The summed E-state index contributed by atoms with van der Waals surface area (Å²) in [7, 11) is 0. The normalized spacial score (nSPS) is 11.9. The van der Waals surface area contributed by atoms with E-state index >= 15 is 0 Å². The Labute approximate surface area is 263 Å². The summed E-state index contributed by atoms with van der Waals surface area (Å²) in [5, 5.41) is 17.6. The number of carbonyl (C=O) groups excluding carboxylic acids is 1. The van der Waals surface area contributed by atoms with Gasteiger partial charge in [0.1, 0.15) is 0 Å². The number of hydrogen-bond acceptors (Lipinski definition) is 4. The van der Waals surface area contributed by atoms with Gasteiger partial charge >= 0.3 is 5.97 Å². The van der Waals surface area contributed by atoms with Gasteiger partial charge in [0.2, 0.25) is 0 Å². The van der Waals surface area contributed by atoms with E-state index in [0.717, 1.165) is 25.7 Å². The van der Waals surface area contributed by atoms with E-state index in [1.54, 1.807) is 6.92 Å². The molecule has 0 aromatic heterocycles. The van der Waals surface area contributed by atoms with Crippen molar-refractivity contribution in [3.05, 3.63) is 12.2 Å². The van der Waals surface area contributed by atoms with Crippen LogP contribution in [0.4, 0.5) is 0 Å². The Morgan fingerprint density at radius 2 is 0.833 bits per heavy atom. The van der Waals surface area contributed by atoms with Gasteiger partial charge < -0.3 is 14.9 Å². The third kappa shape index (κ3) is 39.1. The molecule has 1 atom stereocenters. The third-order valence-corrected chi connectivity index (χ3v) is 8.00. The molecule has 2 N–H and O–H groups in total. The number of hydrogen-bond donors (Lipinski definition) is 2. The molecule has 252 valence electrons. The van der Waals surface area contributed by atoms with Gasteiger partial charge in [-0.3, -0.25) is 0 Å². The molecule has 0 rings (SSSR count). The monoisotopic (exact) mass is 597 g/mol. The van der Waals surface area contributed by atoms with Gasteiger partial charge in [0.05, 0.1) is 6.61 Å². The molecule has 0 saturated heterocycles. The first-order chi connectivity index (χ1) is 20.6. The van der Waals surface area contributed by atoms with Gasteiger partial charge in [-0.25, -0.2) is 4.79 Å². The lowest BCUT2D eigenvalue weighted by Crippen LogP contribution is -2.23. The van der Waals surface area contributed by atoms with Crippen molar-refractivity contribution < 1.29 is 19.7 Å². The maximum absolute atomic E-state index is 12.0. The molecule has 0 aliphatic heterocycles. The zero-order valence-corrected chi connectivity index (χ0v) is 28.9. The van der Waals surface area contributed by atoms with E-state index in [9.17, 15) is 9.90 Å². The smallest absolute Gasteiger partial charge is 0.334 e. The third-order valence-electron chi connectivity index (χ3n) is 8.00. The van der Waals surface area contributed by atoms with Crippen molar-refractivity contribution in [2.45, 2.75) is 213 Å². The lowest BCUT2D eigenvalue weighted by molar-refractivity contribution is -0.154. The van der Waals surface area contributed by atoms with Crippen LogP contribution >= 0.6 is 0 Å². The molecular formula is C38H76O4. The first-order valence-corrected chi connectivity index (χ1v) is 18.7. The number of rotatable bonds is 32. The lowest BCUT2D eigenvalue weighted by atomic mass is 10.0. The van der Waals surface area contributed by atoms with Crippen LogP contribution in [0, 0.1) is 0 Å². The second kappa shape index (κ2) is 40.1. The quantitative estimate of drug-likeness (QED) is 0.0460. The van der Waals surface area contributed by atoms with Gasteiger partial charge in [-0.15, -0.1) is 0 Å². The molecule has 0 aromatic rings. The van der Waals surface area contributed by atoms with Gasteiger partial charge in [0.25, 0.3) is 0 Å². The summed E-state index contributed by atoms with van der Waals surface area (Å²) in [5.74, 6) is -0.419. The number of allylic oxidation sites excluding steroid dienone is 2. The average Bonchev–Trinajstić information content (AvgIpc) is 2.99. The van der Waals surface area contributed by atoms with Crippen molar-refractivity contribution >= 4 is 5.97 Å². The molecule has 0 aromatic carbocycles. The number of aliphatic hydroxyl groups excluding tert-OH is 2. The van der Waals surface area contributed by atoms with Crippen molar-refractivity contribution in [1.29, 1.82) is 0 Å². The standard InChI is InChI=1S/C36H70O3.C2H6O/c1-3-5-7-9-11-13-15-17-19-20-22-24-26-28-30-32-34-39-36(38)35(37)33-31-29-27-25-23-21-18-16-14-12-10-8-6-4-2;1-2-3/h17,19,35,37H,3-16,18,20-34H2,1-2H3;3H,2H2,1H3/b19-17-;. The Balaban J connectivity index is 0. The molecule has 0 aliphatic rings. The van der Waals surface area contributed by atoms with Crippen LogP contribution in [0.25, 0.3) is 0 Å². The molecule has 0 saturated carbocycles. The van der Waals surface area contributed by atoms with Gasteiger partial charge in [0.15, 0.2) is 6.10 Å². The van der Waals surface area contributed by atoms with Crippen LogP contribution in [0.3, 0.4) is 0 Å². The summed E-state index contributed by atoms with van der Waals surface area (Å²) in [5.41, 5.74) is 0. The Hall–Kier alpha value is -0.870. The number of carbonyl (C=O) groups is 1. The highest BCUT2D eigenvalue weighted by Crippen LogP contribution is 2.14. The molecule has 0 bridgehead atoms. The highest BCUT2D eigenvalue weighted by molar-refractivity contribution is 5.74. The van der Waals surface area contributed by atoms with Crippen LogP contribution in [0.2, 0.25) is 0 Å². The Morgan fingerprint density at radius 3 is 1.21 bits per heavy atom. The Bertz CT molecular complexity index is 519. The summed E-state index contributed by atoms with van der Waals surface area (Å²) in [6, 6.07) is 0. The summed E-state index contributed by atoms with van der Waals surface area (Å²) < 4.78 is 5.29. The van der Waals surface area contributed by atoms with E-state index in [-0.39, 0.29) is 6.61 Å². The molecule has 0 radical (unpaired) electrons. The summed E-state index contributed by atoms with van der Waals surface area (Å²) in [6.45, 7) is 6.93. The van der Waals surface area contributed by atoms with Crippen LogP contribution in [0.5, 0.6) is 0 Å². The molecule has 4 nitrogen and oxygen atoms in total. The summed E-state index contributed by atoms with van der Waals surface area (Å²) >= 11 is 0. The molecule has 0 fully saturated rings. The topological polar surface area (TPSA) is 66.8 Å². The van der Waals surface area contributed by atoms with Crippen LogP contribution in [0.15, 0.2) is 12.2 Å². The predicted octanol–water partition coefficient (Wildman–Crippen LogP) is 11.8. The zero-order valence-electron chi connectivity index (χ0n) is 28.9. The summed E-state index contributed by atoms with van der Waals surface area (Å²) in [6.07, 6.45) is 40.6. The van der Waals surface area contributed by atoms with Gasteiger partial charge in [-0.2, -0.15) is 0 Å². The fourth-order valence-electron chi connectivity index (χ4n) is 5.27. The molecule has 42 heavy (non-hydrogen) atoms. The molecule has 4 heteroatoms. The fraction of sp³-hybridized carbons (Fsp3) is 0.921. The van der Waals surface area contributed by atoms with Crippen molar-refractivity contribution in [2.24, 2.45) is 0 Å². The van der Waals surface area contributed by atoms with Crippen LogP contribution in [0.1, 0.15) is 207 Å².